The fourth-order valence-corrected chi connectivity index (χ4v) is 0.954. The summed E-state index contributed by atoms with van der Waals surface area (Å²) in [5.41, 5.74) is 5.19. The molecule has 0 rings (SSSR count). The summed E-state index contributed by atoms with van der Waals surface area (Å²) >= 11 is 0. The standard InChI is InChI=1S/C9H17NO/c1-4-6-9(2,3)7-5-8(10)11/h4H,1,5-7H2,2-3H3,(H2,10,11). The number of rotatable bonds is 5. The molecule has 0 aliphatic carbocycles. The molecule has 0 atom stereocenters. The molecule has 0 fully saturated rings. The second-order valence-corrected chi connectivity index (χ2v) is 3.62. The van der Waals surface area contributed by atoms with Crippen LogP contribution in [0.3, 0.4) is 0 Å². The fraction of sp³-hybridized carbons (Fsp3) is 0.667. The van der Waals surface area contributed by atoms with Crippen LogP contribution in [0.25, 0.3) is 0 Å². The van der Waals surface area contributed by atoms with Gasteiger partial charge in [0, 0.05) is 6.42 Å². The fourth-order valence-electron chi connectivity index (χ4n) is 0.954. The van der Waals surface area contributed by atoms with Gasteiger partial charge in [-0.25, -0.2) is 0 Å². The van der Waals surface area contributed by atoms with E-state index in [4.69, 9.17) is 5.73 Å². The lowest BCUT2D eigenvalue weighted by atomic mass is 9.84. The summed E-state index contributed by atoms with van der Waals surface area (Å²) in [6, 6.07) is 0. The number of nitrogens with two attached hydrogens (primary N) is 1. The number of amides is 1. The minimum atomic E-state index is -0.220. The topological polar surface area (TPSA) is 43.1 Å². The second-order valence-electron chi connectivity index (χ2n) is 3.62. The van der Waals surface area contributed by atoms with Gasteiger partial charge in [0.05, 0.1) is 0 Å². The van der Waals surface area contributed by atoms with Gasteiger partial charge < -0.3 is 5.73 Å². The zero-order valence-corrected chi connectivity index (χ0v) is 7.39. The first kappa shape index (κ1) is 10.2. The van der Waals surface area contributed by atoms with Crippen LogP contribution in [0.5, 0.6) is 0 Å². The molecule has 0 aliphatic heterocycles. The predicted molar refractivity (Wildman–Crippen MR) is 47.0 cm³/mol. The highest BCUT2D eigenvalue weighted by atomic mass is 16.1. The Hall–Kier alpha value is -0.790. The minimum absolute atomic E-state index is 0.163. The Labute approximate surface area is 68.5 Å². The van der Waals surface area contributed by atoms with Crippen molar-refractivity contribution in [2.24, 2.45) is 11.1 Å². The normalized spacial score (nSPS) is 11.1. The Morgan fingerprint density at radius 2 is 2.18 bits per heavy atom. The average Bonchev–Trinajstić information content (AvgIpc) is 1.84. The van der Waals surface area contributed by atoms with Gasteiger partial charge in [-0.3, -0.25) is 4.79 Å². The van der Waals surface area contributed by atoms with Gasteiger partial charge in [0.25, 0.3) is 0 Å². The molecule has 0 unspecified atom stereocenters. The largest absolute Gasteiger partial charge is 0.370 e. The third kappa shape index (κ3) is 5.64. The van der Waals surface area contributed by atoms with Gasteiger partial charge in [-0.05, 0) is 18.3 Å². The first-order chi connectivity index (χ1) is 4.98. The van der Waals surface area contributed by atoms with Crippen molar-refractivity contribution in [2.75, 3.05) is 0 Å². The van der Waals surface area contributed by atoms with E-state index >= 15 is 0 Å². The van der Waals surface area contributed by atoms with Gasteiger partial charge >= 0.3 is 0 Å². The average molecular weight is 155 g/mol. The summed E-state index contributed by atoms with van der Waals surface area (Å²) in [4.78, 5) is 10.4. The van der Waals surface area contributed by atoms with E-state index < -0.39 is 0 Å². The van der Waals surface area contributed by atoms with E-state index in [0.717, 1.165) is 12.8 Å². The molecular formula is C9H17NO. The second kappa shape index (κ2) is 4.16. The molecule has 2 heteroatoms. The summed E-state index contributed by atoms with van der Waals surface area (Å²) in [5, 5.41) is 0. The van der Waals surface area contributed by atoms with Crippen LogP contribution >= 0.6 is 0 Å². The molecule has 0 aromatic rings. The van der Waals surface area contributed by atoms with Crippen LogP contribution in [0.4, 0.5) is 0 Å². The zero-order chi connectivity index (χ0) is 8.91. The Morgan fingerprint density at radius 1 is 1.64 bits per heavy atom. The maximum absolute atomic E-state index is 10.4. The molecule has 2 N–H and O–H groups in total. The number of primary amides is 1. The van der Waals surface area contributed by atoms with Gasteiger partial charge in [-0.15, -0.1) is 6.58 Å². The van der Waals surface area contributed by atoms with E-state index in [2.05, 4.69) is 20.4 Å². The van der Waals surface area contributed by atoms with Crippen molar-refractivity contribution in [3.8, 4) is 0 Å². The summed E-state index contributed by atoms with van der Waals surface area (Å²) in [6.07, 6.45) is 4.12. The zero-order valence-electron chi connectivity index (χ0n) is 7.39. The number of hydrogen-bond donors (Lipinski definition) is 1. The first-order valence-corrected chi connectivity index (χ1v) is 3.87. The molecule has 0 saturated heterocycles. The van der Waals surface area contributed by atoms with Crippen molar-refractivity contribution in [2.45, 2.75) is 33.1 Å². The maximum Gasteiger partial charge on any atom is 0.217 e. The van der Waals surface area contributed by atoms with Crippen molar-refractivity contribution < 1.29 is 4.79 Å². The molecular weight excluding hydrogens is 138 g/mol. The van der Waals surface area contributed by atoms with Gasteiger partial charge in [0.1, 0.15) is 0 Å². The van der Waals surface area contributed by atoms with Crippen LogP contribution in [-0.4, -0.2) is 5.91 Å². The highest BCUT2D eigenvalue weighted by molar-refractivity contribution is 5.73. The van der Waals surface area contributed by atoms with Gasteiger partial charge in [0.15, 0.2) is 0 Å². The van der Waals surface area contributed by atoms with Crippen molar-refractivity contribution in [1.82, 2.24) is 0 Å². The first-order valence-electron chi connectivity index (χ1n) is 3.87. The van der Waals surface area contributed by atoms with E-state index in [9.17, 15) is 4.79 Å². The molecule has 0 spiro atoms. The van der Waals surface area contributed by atoms with Crippen molar-refractivity contribution in [1.29, 1.82) is 0 Å². The van der Waals surface area contributed by atoms with Crippen LogP contribution in [0, 0.1) is 5.41 Å². The third-order valence-electron chi connectivity index (χ3n) is 1.75. The summed E-state index contributed by atoms with van der Waals surface area (Å²) in [7, 11) is 0. The van der Waals surface area contributed by atoms with Crippen LogP contribution < -0.4 is 5.73 Å². The van der Waals surface area contributed by atoms with Crippen LogP contribution in [0.15, 0.2) is 12.7 Å². The summed E-state index contributed by atoms with van der Waals surface area (Å²) in [5.74, 6) is -0.220. The van der Waals surface area contributed by atoms with Crippen molar-refractivity contribution in [3.05, 3.63) is 12.7 Å². The lowest BCUT2D eigenvalue weighted by Gasteiger charge is -2.21. The Balaban J connectivity index is 3.71. The quantitative estimate of drug-likeness (QED) is 0.605. The molecule has 0 aromatic carbocycles. The Kier molecular flexibility index (Phi) is 3.86. The molecule has 0 aliphatic rings. The van der Waals surface area contributed by atoms with Crippen molar-refractivity contribution in [3.63, 3.8) is 0 Å². The lowest BCUT2D eigenvalue weighted by molar-refractivity contribution is -0.118. The minimum Gasteiger partial charge on any atom is -0.370 e. The van der Waals surface area contributed by atoms with E-state index in [0.29, 0.717) is 6.42 Å². The highest BCUT2D eigenvalue weighted by Crippen LogP contribution is 2.26. The monoisotopic (exact) mass is 155 g/mol. The van der Waals surface area contributed by atoms with Gasteiger partial charge in [-0.1, -0.05) is 19.9 Å². The molecule has 0 radical (unpaired) electrons. The smallest absolute Gasteiger partial charge is 0.217 e. The van der Waals surface area contributed by atoms with Gasteiger partial charge in [0.2, 0.25) is 5.91 Å². The Morgan fingerprint density at radius 3 is 2.55 bits per heavy atom. The molecule has 0 heterocycles. The predicted octanol–water partition coefficient (Wildman–Crippen LogP) is 1.85. The SMILES string of the molecule is C=CCC(C)(C)CCC(N)=O. The van der Waals surface area contributed by atoms with E-state index in [1.165, 1.54) is 0 Å². The van der Waals surface area contributed by atoms with Crippen LogP contribution in [-0.2, 0) is 4.79 Å². The van der Waals surface area contributed by atoms with E-state index in [1.807, 2.05) is 6.08 Å². The van der Waals surface area contributed by atoms with Crippen LogP contribution in [0.2, 0.25) is 0 Å². The highest BCUT2D eigenvalue weighted by Gasteiger charge is 2.16. The lowest BCUT2D eigenvalue weighted by Crippen LogP contribution is -2.17. The molecule has 0 aromatic heterocycles. The van der Waals surface area contributed by atoms with E-state index in [1.54, 1.807) is 0 Å². The number of hydrogen-bond acceptors (Lipinski definition) is 1. The summed E-state index contributed by atoms with van der Waals surface area (Å²) in [6.45, 7) is 7.87. The third-order valence-corrected chi connectivity index (χ3v) is 1.75. The number of carbonyl (C=O) groups is 1. The Bertz CT molecular complexity index is 150. The molecule has 0 saturated carbocycles. The number of carbonyl (C=O) groups excluding carboxylic acids is 1. The molecule has 11 heavy (non-hydrogen) atoms. The van der Waals surface area contributed by atoms with Gasteiger partial charge in [-0.2, -0.15) is 0 Å². The summed E-state index contributed by atoms with van der Waals surface area (Å²) < 4.78 is 0. The molecule has 2 nitrogen and oxygen atoms in total. The van der Waals surface area contributed by atoms with E-state index in [-0.39, 0.29) is 11.3 Å². The van der Waals surface area contributed by atoms with Crippen molar-refractivity contribution >= 4 is 5.91 Å². The number of allylic oxidation sites excluding steroid dienone is 1. The molecule has 64 valence electrons. The maximum atomic E-state index is 10.4. The molecule has 0 bridgehead atoms. The molecule has 1 amide bonds. The van der Waals surface area contributed by atoms with Crippen LogP contribution in [0.1, 0.15) is 33.1 Å².